The standard InChI is InChI=1S/C60H47N5/c1-57(2,3)52-32-26-36(34-61-52)50-30-28-48-55(63-50)65-54-46(59(48)42-20-11-7-16-38(42)39-17-8-12-21-43(39)59)24-15-25-47(54)60(44-22-13-9-18-40(44)41-19-10-14-23-45(41)60)49-29-31-51(64-56(49)65)37-27-33-53(62-35-37)58(4,5)6/h7-35H,1-6H3. The number of hydrogen-bond acceptors (Lipinski definition) is 5. The van der Waals surface area contributed by atoms with Crippen molar-refractivity contribution in [2.75, 3.05) is 4.90 Å². The van der Waals surface area contributed by atoms with E-state index in [-0.39, 0.29) is 10.8 Å². The highest BCUT2D eigenvalue weighted by Gasteiger charge is 2.59. The predicted octanol–water partition coefficient (Wildman–Crippen LogP) is 14.0. The second kappa shape index (κ2) is 13.0. The van der Waals surface area contributed by atoms with Gasteiger partial charge in [-0.1, -0.05) is 169 Å². The summed E-state index contributed by atoms with van der Waals surface area (Å²) in [5, 5.41) is 0. The van der Waals surface area contributed by atoms with E-state index in [1.54, 1.807) is 0 Å². The molecule has 4 aromatic heterocycles. The van der Waals surface area contributed by atoms with Gasteiger partial charge in [0.05, 0.1) is 27.9 Å². The summed E-state index contributed by atoms with van der Waals surface area (Å²) in [6.07, 6.45) is 3.98. The molecule has 4 aliphatic rings. The summed E-state index contributed by atoms with van der Waals surface area (Å²) in [7, 11) is 0. The molecule has 0 N–H and O–H groups in total. The second-order valence-corrected chi connectivity index (χ2v) is 20.2. The van der Waals surface area contributed by atoms with Crippen molar-refractivity contribution in [2.24, 2.45) is 0 Å². The molecule has 9 aromatic rings. The highest BCUT2D eigenvalue weighted by Crippen LogP contribution is 2.69. The lowest BCUT2D eigenvalue weighted by Gasteiger charge is -2.50. The Hall–Kier alpha value is -7.50. The molecule has 0 fully saturated rings. The molecule has 0 radical (unpaired) electrons. The van der Waals surface area contributed by atoms with Gasteiger partial charge in [0.2, 0.25) is 0 Å². The highest BCUT2D eigenvalue weighted by atomic mass is 15.3. The van der Waals surface area contributed by atoms with Crippen LogP contribution in [0.3, 0.4) is 0 Å². The maximum absolute atomic E-state index is 5.84. The Morgan fingerprint density at radius 1 is 0.354 bits per heavy atom. The van der Waals surface area contributed by atoms with E-state index in [1.807, 2.05) is 12.4 Å². The van der Waals surface area contributed by atoms with Gasteiger partial charge in [-0.05, 0) is 92.0 Å². The molecule has 6 heterocycles. The van der Waals surface area contributed by atoms with Crippen molar-refractivity contribution in [1.29, 1.82) is 0 Å². The maximum atomic E-state index is 5.84. The third kappa shape index (κ3) is 4.93. The summed E-state index contributed by atoms with van der Waals surface area (Å²) in [5.74, 6) is 1.74. The number of benzene rings is 5. The number of hydrogen-bond donors (Lipinski definition) is 0. The maximum Gasteiger partial charge on any atom is 0.144 e. The first-order chi connectivity index (χ1) is 31.5. The minimum absolute atomic E-state index is 0.0749. The van der Waals surface area contributed by atoms with Crippen LogP contribution in [0.4, 0.5) is 17.3 Å². The largest absolute Gasteiger partial charge is 0.278 e. The molecule has 0 unspecified atom stereocenters. The van der Waals surface area contributed by atoms with E-state index < -0.39 is 10.8 Å². The first-order valence-corrected chi connectivity index (χ1v) is 22.8. The lowest BCUT2D eigenvalue weighted by molar-refractivity contribution is 0.569. The number of rotatable bonds is 2. The monoisotopic (exact) mass is 837 g/mol. The smallest absolute Gasteiger partial charge is 0.144 e. The van der Waals surface area contributed by atoms with Crippen LogP contribution in [-0.4, -0.2) is 19.9 Å². The quantitative estimate of drug-likeness (QED) is 0.174. The van der Waals surface area contributed by atoms with Gasteiger partial charge in [-0.15, -0.1) is 0 Å². The Morgan fingerprint density at radius 3 is 1.05 bits per heavy atom. The number of anilines is 3. The average Bonchev–Trinajstić information content (AvgIpc) is 3.79. The van der Waals surface area contributed by atoms with Crippen LogP contribution < -0.4 is 4.90 Å². The molecule has 13 rings (SSSR count). The van der Waals surface area contributed by atoms with Gasteiger partial charge in [-0.2, -0.15) is 0 Å². The second-order valence-electron chi connectivity index (χ2n) is 20.2. The van der Waals surface area contributed by atoms with Gasteiger partial charge in [0.25, 0.3) is 0 Å². The SMILES string of the molecule is CC(C)(C)c1ccc(-c2ccc3c(n2)N2c4nc(-c5ccc(C(C)(C)C)nc5)ccc4C4(c5ccccc5-c5ccccc54)c4cccc(c42)C32c3ccccc3-c3ccccc32)cn1. The molecule has 65 heavy (non-hydrogen) atoms. The Balaban J connectivity index is 1.18. The molecule has 5 heteroatoms. The Morgan fingerprint density at radius 2 is 0.708 bits per heavy atom. The van der Waals surface area contributed by atoms with E-state index in [0.29, 0.717) is 0 Å². The minimum Gasteiger partial charge on any atom is -0.278 e. The van der Waals surface area contributed by atoms with Crippen molar-refractivity contribution in [2.45, 2.75) is 63.2 Å². The van der Waals surface area contributed by atoms with Crippen LogP contribution in [0, 0.1) is 0 Å². The zero-order chi connectivity index (χ0) is 44.0. The molecule has 5 aromatic carbocycles. The molecule has 2 aliphatic carbocycles. The predicted molar refractivity (Wildman–Crippen MR) is 262 cm³/mol. The van der Waals surface area contributed by atoms with E-state index in [1.165, 1.54) is 55.6 Å². The van der Waals surface area contributed by atoms with Crippen LogP contribution in [0.5, 0.6) is 0 Å². The van der Waals surface area contributed by atoms with E-state index in [4.69, 9.17) is 19.9 Å². The molecular formula is C60H47N5. The van der Waals surface area contributed by atoms with E-state index in [2.05, 4.69) is 210 Å². The van der Waals surface area contributed by atoms with Crippen molar-refractivity contribution >= 4 is 17.3 Å². The van der Waals surface area contributed by atoms with Crippen molar-refractivity contribution < 1.29 is 0 Å². The molecular weight excluding hydrogens is 791 g/mol. The molecule has 5 nitrogen and oxygen atoms in total. The van der Waals surface area contributed by atoms with Gasteiger partial charge in [0.1, 0.15) is 11.6 Å². The van der Waals surface area contributed by atoms with Crippen molar-refractivity contribution in [3.63, 3.8) is 0 Å². The fourth-order valence-corrected chi connectivity index (χ4v) is 11.7. The van der Waals surface area contributed by atoms with E-state index in [9.17, 15) is 0 Å². The van der Waals surface area contributed by atoms with Crippen LogP contribution in [0.25, 0.3) is 44.8 Å². The van der Waals surface area contributed by atoms with Crippen LogP contribution >= 0.6 is 0 Å². The van der Waals surface area contributed by atoms with Crippen LogP contribution in [-0.2, 0) is 21.7 Å². The summed E-state index contributed by atoms with van der Waals surface area (Å²) < 4.78 is 0. The van der Waals surface area contributed by atoms with E-state index in [0.717, 1.165) is 62.4 Å². The molecule has 0 saturated heterocycles. The fourth-order valence-electron chi connectivity index (χ4n) is 11.7. The van der Waals surface area contributed by atoms with Crippen LogP contribution in [0.2, 0.25) is 0 Å². The molecule has 0 amide bonds. The molecule has 312 valence electrons. The summed E-state index contributed by atoms with van der Waals surface area (Å²) in [5.41, 5.74) is 20.1. The van der Waals surface area contributed by atoms with Gasteiger partial charge in [0.15, 0.2) is 0 Å². The van der Waals surface area contributed by atoms with Crippen molar-refractivity contribution in [3.8, 4) is 44.8 Å². The van der Waals surface area contributed by atoms with Crippen molar-refractivity contribution in [3.05, 3.63) is 232 Å². The third-order valence-electron chi connectivity index (χ3n) is 14.6. The zero-order valence-electron chi connectivity index (χ0n) is 37.5. The molecule has 2 spiro atoms. The molecule has 0 atom stereocenters. The van der Waals surface area contributed by atoms with Crippen molar-refractivity contribution in [1.82, 2.24) is 19.9 Å². The third-order valence-corrected chi connectivity index (χ3v) is 14.6. The van der Waals surface area contributed by atoms with Gasteiger partial charge < -0.3 is 0 Å². The van der Waals surface area contributed by atoms with Gasteiger partial charge in [-0.3, -0.25) is 14.9 Å². The fraction of sp³-hybridized carbons (Fsp3) is 0.167. The zero-order valence-corrected chi connectivity index (χ0v) is 37.5. The van der Waals surface area contributed by atoms with Gasteiger partial charge in [-0.25, -0.2) is 9.97 Å². The normalized spacial score (nSPS) is 15.1. The van der Waals surface area contributed by atoms with Gasteiger partial charge >= 0.3 is 0 Å². The van der Waals surface area contributed by atoms with E-state index >= 15 is 0 Å². The summed E-state index contributed by atoms with van der Waals surface area (Å²) >= 11 is 0. The Bertz CT molecular complexity index is 3140. The van der Waals surface area contributed by atoms with Crippen LogP contribution in [0.15, 0.2) is 176 Å². The topological polar surface area (TPSA) is 54.8 Å². The number of pyridine rings is 4. The Labute approximate surface area is 380 Å². The average molecular weight is 838 g/mol. The molecule has 2 aliphatic heterocycles. The highest BCUT2D eigenvalue weighted by molar-refractivity contribution is 6.01. The minimum atomic E-state index is -0.676. The first-order valence-electron chi connectivity index (χ1n) is 22.8. The van der Waals surface area contributed by atoms with Crippen LogP contribution in [0.1, 0.15) is 97.4 Å². The Kier molecular flexibility index (Phi) is 7.63. The number of para-hydroxylation sites is 1. The molecule has 0 saturated carbocycles. The summed E-state index contributed by atoms with van der Waals surface area (Å²) in [6.45, 7) is 13.2. The number of aromatic nitrogens is 4. The lowest BCUT2D eigenvalue weighted by atomic mass is 9.60. The summed E-state index contributed by atoms with van der Waals surface area (Å²) in [4.78, 5) is 24.1. The summed E-state index contributed by atoms with van der Waals surface area (Å²) in [6, 6.07) is 60.8. The van der Waals surface area contributed by atoms with Gasteiger partial charge in [0, 0.05) is 56.9 Å². The lowest BCUT2D eigenvalue weighted by Crippen LogP contribution is -2.43. The first kappa shape index (κ1) is 38.0. The number of fused-ring (bicyclic) bond motifs is 18. The number of nitrogens with zero attached hydrogens (tertiary/aromatic N) is 5. The molecule has 0 bridgehead atoms.